The summed E-state index contributed by atoms with van der Waals surface area (Å²) in [4.78, 5) is -0.212. The Morgan fingerprint density at radius 1 is 1.28 bits per heavy atom. The molecule has 0 aromatic heterocycles. The molecule has 0 fully saturated rings. The van der Waals surface area contributed by atoms with Crippen molar-refractivity contribution < 1.29 is 12.8 Å². The van der Waals surface area contributed by atoms with Crippen molar-refractivity contribution in [1.29, 1.82) is 0 Å². The third kappa shape index (κ3) is 4.07. The van der Waals surface area contributed by atoms with E-state index < -0.39 is 15.7 Å². The number of sulfone groups is 1. The fraction of sp³-hybridized carbons (Fsp3) is 0.538. The maximum atomic E-state index is 13.4. The lowest BCUT2D eigenvalue weighted by Gasteiger charge is -2.21. The smallest absolute Gasteiger partial charge is 0.181 e. The van der Waals surface area contributed by atoms with Crippen molar-refractivity contribution in [1.82, 2.24) is 0 Å². The van der Waals surface area contributed by atoms with Gasteiger partial charge in [-0.2, -0.15) is 0 Å². The Kier molecular flexibility index (Phi) is 4.87. The molecule has 0 radical (unpaired) electrons. The van der Waals surface area contributed by atoms with E-state index >= 15 is 0 Å². The molecule has 0 saturated carbocycles. The third-order valence-corrected chi connectivity index (χ3v) is 4.82. The van der Waals surface area contributed by atoms with Crippen LogP contribution in [0.25, 0.3) is 0 Å². The van der Waals surface area contributed by atoms with Crippen LogP contribution in [0.15, 0.2) is 29.2 Å². The van der Waals surface area contributed by atoms with E-state index in [0.29, 0.717) is 19.4 Å². The Hall–Kier alpha value is -0.940. The fourth-order valence-electron chi connectivity index (χ4n) is 1.65. The summed E-state index contributed by atoms with van der Waals surface area (Å²) < 4.78 is 37.3. The normalized spacial score (nSPS) is 12.7. The molecule has 1 aromatic rings. The van der Waals surface area contributed by atoms with E-state index in [1.807, 2.05) is 13.8 Å². The highest BCUT2D eigenvalue weighted by atomic mass is 32.2. The predicted molar refractivity (Wildman–Crippen MR) is 70.5 cm³/mol. The molecule has 0 amide bonds. The Morgan fingerprint density at radius 2 is 1.89 bits per heavy atom. The number of hydrogen-bond donors (Lipinski definition) is 1. The average Bonchev–Trinajstić information content (AvgIpc) is 2.29. The Bertz CT molecular complexity index is 497. The first kappa shape index (κ1) is 15.1. The molecular weight excluding hydrogens is 253 g/mol. The molecule has 0 spiro atoms. The summed E-state index contributed by atoms with van der Waals surface area (Å²) >= 11 is 0. The van der Waals surface area contributed by atoms with Crippen LogP contribution >= 0.6 is 0 Å². The lowest BCUT2D eigenvalue weighted by atomic mass is 9.88. The van der Waals surface area contributed by atoms with Crippen molar-refractivity contribution in [3.63, 3.8) is 0 Å². The highest BCUT2D eigenvalue weighted by molar-refractivity contribution is 7.91. The van der Waals surface area contributed by atoms with E-state index in [2.05, 4.69) is 0 Å². The van der Waals surface area contributed by atoms with E-state index in [1.54, 1.807) is 0 Å². The van der Waals surface area contributed by atoms with Crippen LogP contribution in [-0.2, 0) is 9.84 Å². The van der Waals surface area contributed by atoms with Crippen LogP contribution < -0.4 is 5.73 Å². The van der Waals surface area contributed by atoms with Crippen LogP contribution in [0.2, 0.25) is 0 Å². The Balaban J connectivity index is 2.70. The molecule has 0 bridgehead atoms. The molecule has 0 atom stereocenters. The molecule has 0 aliphatic rings. The standard InChI is InChI=1S/C13H20FNO2S/c1-13(2,10-15)8-5-9-18(16,17)12-7-4-3-6-11(12)14/h3-4,6-7H,5,8-10,15H2,1-2H3. The molecule has 3 nitrogen and oxygen atoms in total. The van der Waals surface area contributed by atoms with Crippen LogP contribution in [0.3, 0.4) is 0 Å². The summed E-state index contributed by atoms with van der Waals surface area (Å²) in [6.07, 6.45) is 1.19. The summed E-state index contributed by atoms with van der Waals surface area (Å²) in [6.45, 7) is 4.48. The zero-order chi connectivity index (χ0) is 13.8. The van der Waals surface area contributed by atoms with Crippen LogP contribution in [0.1, 0.15) is 26.7 Å². The van der Waals surface area contributed by atoms with E-state index in [1.165, 1.54) is 18.2 Å². The van der Waals surface area contributed by atoms with Crippen molar-refractivity contribution >= 4 is 9.84 Å². The maximum absolute atomic E-state index is 13.4. The van der Waals surface area contributed by atoms with Crippen LogP contribution in [0, 0.1) is 11.2 Å². The quantitative estimate of drug-likeness (QED) is 0.865. The van der Waals surface area contributed by atoms with Crippen LogP contribution in [-0.4, -0.2) is 20.7 Å². The first-order valence-corrected chi connectivity index (χ1v) is 7.61. The molecule has 102 valence electrons. The van der Waals surface area contributed by atoms with Crippen molar-refractivity contribution in [2.75, 3.05) is 12.3 Å². The van der Waals surface area contributed by atoms with Crippen molar-refractivity contribution in [3.8, 4) is 0 Å². The van der Waals surface area contributed by atoms with E-state index in [0.717, 1.165) is 6.07 Å². The third-order valence-electron chi connectivity index (χ3n) is 2.99. The van der Waals surface area contributed by atoms with Gasteiger partial charge in [-0.25, -0.2) is 12.8 Å². The van der Waals surface area contributed by atoms with E-state index in [9.17, 15) is 12.8 Å². The average molecular weight is 273 g/mol. The molecule has 0 aliphatic carbocycles. The zero-order valence-corrected chi connectivity index (χ0v) is 11.6. The van der Waals surface area contributed by atoms with Crippen molar-refractivity contribution in [2.24, 2.45) is 11.1 Å². The Labute approximate surface area is 108 Å². The first-order chi connectivity index (χ1) is 8.28. The SMILES string of the molecule is CC(C)(CN)CCCS(=O)(=O)c1ccccc1F. The number of rotatable bonds is 6. The second kappa shape index (κ2) is 5.80. The van der Waals surface area contributed by atoms with Gasteiger partial charge >= 0.3 is 0 Å². The second-order valence-electron chi connectivity index (χ2n) is 5.22. The number of nitrogens with two attached hydrogens (primary N) is 1. The fourth-order valence-corrected chi connectivity index (χ4v) is 3.05. The van der Waals surface area contributed by atoms with Gasteiger partial charge in [-0.1, -0.05) is 26.0 Å². The van der Waals surface area contributed by atoms with Gasteiger partial charge in [0.15, 0.2) is 9.84 Å². The maximum Gasteiger partial charge on any atom is 0.181 e. The van der Waals surface area contributed by atoms with Gasteiger partial charge in [-0.3, -0.25) is 0 Å². The lowest BCUT2D eigenvalue weighted by Crippen LogP contribution is -2.24. The summed E-state index contributed by atoms with van der Waals surface area (Å²) in [7, 11) is -3.54. The van der Waals surface area contributed by atoms with Gasteiger partial charge in [-0.15, -0.1) is 0 Å². The number of benzene rings is 1. The molecule has 1 rings (SSSR count). The molecule has 18 heavy (non-hydrogen) atoms. The van der Waals surface area contributed by atoms with Gasteiger partial charge < -0.3 is 5.73 Å². The zero-order valence-electron chi connectivity index (χ0n) is 10.8. The van der Waals surface area contributed by atoms with Crippen molar-refractivity contribution in [2.45, 2.75) is 31.6 Å². The summed E-state index contributed by atoms with van der Waals surface area (Å²) in [5, 5.41) is 0. The van der Waals surface area contributed by atoms with Gasteiger partial charge in [-0.05, 0) is 36.9 Å². The van der Waals surface area contributed by atoms with E-state index in [-0.39, 0.29) is 16.1 Å². The summed E-state index contributed by atoms with van der Waals surface area (Å²) in [5.74, 6) is -0.729. The van der Waals surface area contributed by atoms with Crippen molar-refractivity contribution in [3.05, 3.63) is 30.1 Å². The predicted octanol–water partition coefficient (Wildman–Crippen LogP) is 2.36. The molecular formula is C13H20FNO2S. The lowest BCUT2D eigenvalue weighted by molar-refractivity contribution is 0.344. The molecule has 1 aromatic carbocycles. The largest absolute Gasteiger partial charge is 0.330 e. The molecule has 0 saturated heterocycles. The highest BCUT2D eigenvalue weighted by Crippen LogP contribution is 2.23. The first-order valence-electron chi connectivity index (χ1n) is 5.96. The monoisotopic (exact) mass is 273 g/mol. The minimum atomic E-state index is -3.54. The molecule has 0 unspecified atom stereocenters. The van der Waals surface area contributed by atoms with Gasteiger partial charge in [0, 0.05) is 0 Å². The van der Waals surface area contributed by atoms with Crippen LogP contribution in [0.4, 0.5) is 4.39 Å². The van der Waals surface area contributed by atoms with Gasteiger partial charge in [0.25, 0.3) is 0 Å². The number of halogens is 1. The Morgan fingerprint density at radius 3 is 2.44 bits per heavy atom. The van der Waals surface area contributed by atoms with Gasteiger partial charge in [0.1, 0.15) is 10.7 Å². The van der Waals surface area contributed by atoms with Crippen LogP contribution in [0.5, 0.6) is 0 Å². The highest BCUT2D eigenvalue weighted by Gasteiger charge is 2.21. The topological polar surface area (TPSA) is 60.2 Å². The number of hydrogen-bond acceptors (Lipinski definition) is 3. The molecule has 0 aliphatic heterocycles. The minimum absolute atomic E-state index is 0.0443. The van der Waals surface area contributed by atoms with E-state index in [4.69, 9.17) is 5.73 Å². The summed E-state index contributed by atoms with van der Waals surface area (Å²) in [6, 6.07) is 5.47. The second-order valence-corrected chi connectivity index (χ2v) is 7.30. The molecule has 5 heteroatoms. The minimum Gasteiger partial charge on any atom is -0.330 e. The molecule has 0 heterocycles. The van der Waals surface area contributed by atoms with Gasteiger partial charge in [0.2, 0.25) is 0 Å². The molecule has 2 N–H and O–H groups in total. The summed E-state index contributed by atoms with van der Waals surface area (Å²) in [5.41, 5.74) is 5.50. The van der Waals surface area contributed by atoms with Gasteiger partial charge in [0.05, 0.1) is 5.75 Å².